The minimum absolute atomic E-state index is 0.00512. The lowest BCUT2D eigenvalue weighted by molar-refractivity contribution is -0.133. The highest BCUT2D eigenvalue weighted by molar-refractivity contribution is 5.97. The minimum Gasteiger partial charge on any atom is -0.506 e. The minimum atomic E-state index is -0.271. The summed E-state index contributed by atoms with van der Waals surface area (Å²) in [5.41, 5.74) is 2.56. The summed E-state index contributed by atoms with van der Waals surface area (Å²) in [6.07, 6.45) is 6.64. The average Bonchev–Trinajstić information content (AvgIpc) is 2.92. The molecular formula is C30H44N4O4. The van der Waals surface area contributed by atoms with E-state index < -0.39 is 0 Å². The highest BCUT2D eigenvalue weighted by Gasteiger charge is 2.22. The van der Waals surface area contributed by atoms with Crippen molar-refractivity contribution in [2.24, 2.45) is 0 Å². The van der Waals surface area contributed by atoms with Crippen LogP contribution in [0, 0.1) is 0 Å². The van der Waals surface area contributed by atoms with Crippen molar-refractivity contribution in [1.82, 2.24) is 15.5 Å². The fourth-order valence-electron chi connectivity index (χ4n) is 4.74. The zero-order valence-electron chi connectivity index (χ0n) is 22.9. The molecule has 208 valence electrons. The van der Waals surface area contributed by atoms with E-state index in [0.29, 0.717) is 50.5 Å². The molecule has 2 aromatic carbocycles. The summed E-state index contributed by atoms with van der Waals surface area (Å²) in [5, 5.41) is 19.6. The monoisotopic (exact) mass is 524 g/mol. The van der Waals surface area contributed by atoms with Gasteiger partial charge in [-0.25, -0.2) is 0 Å². The van der Waals surface area contributed by atoms with Crippen LogP contribution >= 0.6 is 0 Å². The number of nitrogens with zero attached hydrogens (tertiary/aromatic N) is 1. The molecule has 4 N–H and O–H groups in total. The van der Waals surface area contributed by atoms with Crippen molar-refractivity contribution >= 4 is 17.5 Å². The normalized spacial score (nSPS) is 13.4. The molecule has 0 spiro atoms. The second kappa shape index (κ2) is 16.0. The van der Waals surface area contributed by atoms with Gasteiger partial charge in [-0.15, -0.1) is 0 Å². The number of unbranched alkanes of at least 4 members (excludes halogenated alkanes) is 2. The van der Waals surface area contributed by atoms with Gasteiger partial charge in [0.1, 0.15) is 11.4 Å². The maximum Gasteiger partial charge on any atom is 0.262 e. The van der Waals surface area contributed by atoms with Gasteiger partial charge in [0.05, 0.1) is 0 Å². The van der Waals surface area contributed by atoms with Gasteiger partial charge in [0.2, 0.25) is 5.91 Å². The molecule has 1 heterocycles. The van der Waals surface area contributed by atoms with Crippen LogP contribution in [0.4, 0.5) is 5.69 Å². The summed E-state index contributed by atoms with van der Waals surface area (Å²) in [4.78, 5) is 26.8. The van der Waals surface area contributed by atoms with Crippen LogP contribution in [0.15, 0.2) is 42.5 Å². The number of rotatable bonds is 17. The second-order valence-corrected chi connectivity index (χ2v) is 9.95. The van der Waals surface area contributed by atoms with Crippen molar-refractivity contribution in [3.05, 3.63) is 53.6 Å². The van der Waals surface area contributed by atoms with Crippen molar-refractivity contribution in [1.29, 1.82) is 0 Å². The predicted molar refractivity (Wildman–Crippen MR) is 152 cm³/mol. The molecule has 0 aliphatic carbocycles. The molecular weight excluding hydrogens is 480 g/mol. The zero-order valence-corrected chi connectivity index (χ0v) is 22.9. The van der Waals surface area contributed by atoms with E-state index in [1.54, 1.807) is 6.07 Å². The van der Waals surface area contributed by atoms with E-state index in [-0.39, 0.29) is 30.2 Å². The van der Waals surface area contributed by atoms with Crippen LogP contribution in [0.3, 0.4) is 0 Å². The summed E-state index contributed by atoms with van der Waals surface area (Å²) >= 11 is 0. The van der Waals surface area contributed by atoms with Crippen LogP contribution in [-0.4, -0.2) is 67.2 Å². The standard InChI is InChI=1S/C30H44N4O4/c1-3-4-6-9-23(2)34(28(37)16-19-31-17-14-24-10-7-5-8-11-24)21-20-32-18-15-25-12-13-26(35)29-30(25)38-22-27(36)33-29/h5,7-8,10-13,23,31-32,35H,3-4,6,9,14-22H2,1-2H3,(H,33,36). The Balaban J connectivity index is 1.43. The van der Waals surface area contributed by atoms with Gasteiger partial charge in [0.25, 0.3) is 5.91 Å². The molecule has 8 heteroatoms. The Kier molecular flexibility index (Phi) is 12.4. The number of amides is 2. The maximum absolute atomic E-state index is 13.1. The largest absolute Gasteiger partial charge is 0.506 e. The van der Waals surface area contributed by atoms with E-state index in [2.05, 4.69) is 54.1 Å². The Morgan fingerprint density at radius 2 is 1.82 bits per heavy atom. The number of aromatic hydroxyl groups is 1. The third kappa shape index (κ3) is 9.33. The van der Waals surface area contributed by atoms with Crippen LogP contribution in [0.5, 0.6) is 11.5 Å². The van der Waals surface area contributed by atoms with Gasteiger partial charge in [0.15, 0.2) is 12.4 Å². The first-order valence-corrected chi connectivity index (χ1v) is 14.0. The Morgan fingerprint density at radius 1 is 1.05 bits per heavy atom. The number of ether oxygens (including phenoxy) is 1. The molecule has 1 aliphatic rings. The highest BCUT2D eigenvalue weighted by atomic mass is 16.5. The molecule has 3 rings (SSSR count). The van der Waals surface area contributed by atoms with E-state index in [0.717, 1.165) is 31.4 Å². The Hall–Kier alpha value is -3.10. The Morgan fingerprint density at radius 3 is 2.61 bits per heavy atom. The molecule has 0 fully saturated rings. The van der Waals surface area contributed by atoms with Crippen molar-refractivity contribution in [3.63, 3.8) is 0 Å². The maximum atomic E-state index is 13.1. The van der Waals surface area contributed by atoms with Crippen LogP contribution in [0.25, 0.3) is 0 Å². The molecule has 0 saturated carbocycles. The fourth-order valence-corrected chi connectivity index (χ4v) is 4.74. The number of phenolic OH excluding ortho intramolecular Hbond substituents is 1. The number of hydrogen-bond acceptors (Lipinski definition) is 6. The van der Waals surface area contributed by atoms with Crippen molar-refractivity contribution in [3.8, 4) is 11.5 Å². The first-order chi connectivity index (χ1) is 18.5. The number of phenols is 1. The molecule has 1 atom stereocenters. The Bertz CT molecular complexity index is 1010. The van der Waals surface area contributed by atoms with Gasteiger partial charge in [-0.2, -0.15) is 0 Å². The summed E-state index contributed by atoms with van der Waals surface area (Å²) in [7, 11) is 0. The lowest BCUT2D eigenvalue weighted by atomic mass is 10.1. The number of nitrogens with one attached hydrogen (secondary N) is 3. The first kappa shape index (κ1) is 29.5. The van der Waals surface area contributed by atoms with E-state index in [1.807, 2.05) is 17.0 Å². The first-order valence-electron chi connectivity index (χ1n) is 14.0. The third-order valence-corrected chi connectivity index (χ3v) is 6.96. The molecule has 2 aromatic rings. The van der Waals surface area contributed by atoms with E-state index in [9.17, 15) is 14.7 Å². The van der Waals surface area contributed by atoms with Gasteiger partial charge in [-0.05, 0) is 56.5 Å². The smallest absolute Gasteiger partial charge is 0.262 e. The second-order valence-electron chi connectivity index (χ2n) is 9.95. The quantitative estimate of drug-likeness (QED) is 0.185. The van der Waals surface area contributed by atoms with Gasteiger partial charge in [-0.3, -0.25) is 9.59 Å². The Labute approximate surface area is 227 Å². The molecule has 1 unspecified atom stereocenters. The highest BCUT2D eigenvalue weighted by Crippen LogP contribution is 2.39. The molecule has 0 aromatic heterocycles. The summed E-state index contributed by atoms with van der Waals surface area (Å²) < 4.78 is 5.57. The summed E-state index contributed by atoms with van der Waals surface area (Å²) in [6.45, 7) is 7.90. The number of anilines is 1. The van der Waals surface area contributed by atoms with E-state index in [4.69, 9.17) is 4.74 Å². The number of hydrogen-bond donors (Lipinski definition) is 4. The van der Waals surface area contributed by atoms with Crippen molar-refractivity contribution < 1.29 is 19.4 Å². The van der Waals surface area contributed by atoms with Crippen LogP contribution in [-0.2, 0) is 22.4 Å². The third-order valence-electron chi connectivity index (χ3n) is 6.96. The molecule has 2 amide bonds. The SMILES string of the molecule is CCCCCC(C)N(CCNCCc1ccc(O)c2c1OCC(=O)N2)C(=O)CCNCCc1ccccc1. The average molecular weight is 525 g/mol. The van der Waals surface area contributed by atoms with Gasteiger partial charge >= 0.3 is 0 Å². The van der Waals surface area contributed by atoms with Gasteiger partial charge in [-0.1, -0.05) is 62.6 Å². The van der Waals surface area contributed by atoms with Crippen LogP contribution in [0.1, 0.15) is 57.1 Å². The van der Waals surface area contributed by atoms with Crippen molar-refractivity contribution in [2.75, 3.05) is 44.6 Å². The summed E-state index contributed by atoms with van der Waals surface area (Å²) in [6, 6.07) is 14.0. The topological polar surface area (TPSA) is 103 Å². The number of carbonyl (C=O) groups is 2. The zero-order chi connectivity index (χ0) is 27.2. The van der Waals surface area contributed by atoms with E-state index in [1.165, 1.54) is 18.4 Å². The van der Waals surface area contributed by atoms with Crippen LogP contribution in [0.2, 0.25) is 0 Å². The lowest BCUT2D eigenvalue weighted by Gasteiger charge is -2.30. The molecule has 0 saturated heterocycles. The predicted octanol–water partition coefficient (Wildman–Crippen LogP) is 3.88. The molecule has 0 radical (unpaired) electrons. The number of carbonyl (C=O) groups excluding carboxylic acids is 2. The van der Waals surface area contributed by atoms with Crippen LogP contribution < -0.4 is 20.7 Å². The lowest BCUT2D eigenvalue weighted by Crippen LogP contribution is -2.43. The fraction of sp³-hybridized carbons (Fsp3) is 0.533. The van der Waals surface area contributed by atoms with Crippen molar-refractivity contribution in [2.45, 2.75) is 64.8 Å². The number of fused-ring (bicyclic) bond motifs is 1. The molecule has 0 bridgehead atoms. The molecule has 1 aliphatic heterocycles. The number of benzene rings is 2. The summed E-state index contributed by atoms with van der Waals surface area (Å²) in [5.74, 6) is 0.463. The van der Waals surface area contributed by atoms with Gasteiger partial charge < -0.3 is 30.7 Å². The molecule has 38 heavy (non-hydrogen) atoms. The molecule has 8 nitrogen and oxygen atoms in total. The van der Waals surface area contributed by atoms with E-state index >= 15 is 0 Å². The van der Waals surface area contributed by atoms with Gasteiger partial charge in [0, 0.05) is 32.1 Å².